The highest BCUT2D eigenvalue weighted by Gasteiger charge is 2.43. The summed E-state index contributed by atoms with van der Waals surface area (Å²) in [5, 5.41) is -1.88. The fourth-order valence-corrected chi connectivity index (χ4v) is 2.54. The van der Waals surface area contributed by atoms with Gasteiger partial charge in [0.25, 0.3) is 0 Å². The van der Waals surface area contributed by atoms with Gasteiger partial charge < -0.3 is 4.57 Å². The number of hydrogen-bond acceptors (Lipinski definition) is 2. The molecule has 0 saturated carbocycles. The number of aromatic nitrogens is 2. The van der Waals surface area contributed by atoms with E-state index in [1.807, 2.05) is 0 Å². The Bertz CT molecular complexity index is 620. The molecule has 0 radical (unpaired) electrons. The van der Waals surface area contributed by atoms with Crippen molar-refractivity contribution in [3.8, 4) is 0 Å². The summed E-state index contributed by atoms with van der Waals surface area (Å²) in [5.41, 5.74) is -0.266. The van der Waals surface area contributed by atoms with Gasteiger partial charge in [0.05, 0.1) is 5.52 Å². The molecule has 104 valence electrons. The van der Waals surface area contributed by atoms with Crippen LogP contribution in [0.15, 0.2) is 12.1 Å². The summed E-state index contributed by atoms with van der Waals surface area (Å²) in [6.45, 7) is 0. The lowest BCUT2D eigenvalue weighted by atomic mass is 10.3. The van der Waals surface area contributed by atoms with Crippen LogP contribution >= 0.6 is 11.8 Å². The minimum Gasteiger partial charge on any atom is -0.330 e. The van der Waals surface area contributed by atoms with E-state index in [0.717, 1.165) is 10.6 Å². The highest BCUT2D eigenvalue weighted by molar-refractivity contribution is 7.98. The Hall–Kier alpha value is -1.31. The normalized spacial score (nSPS) is 14.1. The molecule has 0 amide bonds. The van der Waals surface area contributed by atoms with Crippen LogP contribution in [0.2, 0.25) is 0 Å². The molecule has 2 rings (SSSR count). The van der Waals surface area contributed by atoms with Gasteiger partial charge in [-0.25, -0.2) is 13.8 Å². The highest BCUT2D eigenvalue weighted by atomic mass is 32.2. The summed E-state index contributed by atoms with van der Waals surface area (Å²) < 4.78 is 66.2. The number of fused-ring (bicyclic) bond motifs is 1. The van der Waals surface area contributed by atoms with Crippen LogP contribution in [-0.2, 0) is 7.05 Å². The van der Waals surface area contributed by atoms with Crippen LogP contribution in [0.3, 0.4) is 0 Å². The third kappa shape index (κ3) is 2.41. The first-order valence-corrected chi connectivity index (χ1v) is 6.45. The van der Waals surface area contributed by atoms with Gasteiger partial charge in [0.1, 0.15) is 17.2 Å². The Labute approximate surface area is 109 Å². The van der Waals surface area contributed by atoms with Crippen molar-refractivity contribution in [1.29, 1.82) is 0 Å². The van der Waals surface area contributed by atoms with Crippen LogP contribution in [0.4, 0.5) is 22.0 Å². The first-order chi connectivity index (χ1) is 8.75. The number of thioether (sulfide) groups is 1. The van der Waals surface area contributed by atoms with Gasteiger partial charge in [0.2, 0.25) is 0 Å². The van der Waals surface area contributed by atoms with E-state index in [-0.39, 0.29) is 16.9 Å². The van der Waals surface area contributed by atoms with Crippen LogP contribution in [-0.4, -0.2) is 22.0 Å². The lowest BCUT2D eigenvalue weighted by molar-refractivity contribution is -0.131. The molecule has 8 heteroatoms. The number of alkyl halides is 3. The number of benzene rings is 1. The fraction of sp³-hybridized carbons (Fsp3) is 0.364. The second-order valence-corrected chi connectivity index (χ2v) is 4.88. The Morgan fingerprint density at radius 2 is 1.89 bits per heavy atom. The maximum absolute atomic E-state index is 13.5. The zero-order chi connectivity index (χ0) is 14.4. The van der Waals surface area contributed by atoms with Gasteiger partial charge in [-0.15, -0.1) is 11.8 Å². The molecular formula is C11H9F5N2S. The molecular weight excluding hydrogens is 287 g/mol. The molecule has 1 atom stereocenters. The number of nitrogens with zero attached hydrogens (tertiary/aromatic N) is 2. The van der Waals surface area contributed by atoms with Crippen molar-refractivity contribution >= 4 is 22.8 Å². The summed E-state index contributed by atoms with van der Waals surface area (Å²) in [4.78, 5) is 3.67. The first-order valence-electron chi connectivity index (χ1n) is 5.16. The van der Waals surface area contributed by atoms with Gasteiger partial charge in [-0.3, -0.25) is 0 Å². The molecule has 19 heavy (non-hydrogen) atoms. The zero-order valence-electron chi connectivity index (χ0n) is 9.92. The average Bonchev–Trinajstić information content (AvgIpc) is 2.57. The third-order valence-electron chi connectivity index (χ3n) is 2.71. The van der Waals surface area contributed by atoms with Crippen molar-refractivity contribution in [3.05, 3.63) is 29.6 Å². The van der Waals surface area contributed by atoms with Gasteiger partial charge in [0.15, 0.2) is 11.1 Å². The summed E-state index contributed by atoms with van der Waals surface area (Å²) in [7, 11) is 1.30. The molecule has 0 bridgehead atoms. The van der Waals surface area contributed by atoms with Gasteiger partial charge in [-0.2, -0.15) is 13.2 Å². The smallest absolute Gasteiger partial charge is 0.330 e. The standard InChI is InChI=1S/C11H9F5N2S/c1-18-7-4-5(12)3-6(13)8(7)17-10(18)9(19-2)11(14,15)16/h3-4,9H,1-2H3. The molecule has 1 aromatic carbocycles. The lowest BCUT2D eigenvalue weighted by Crippen LogP contribution is -2.20. The zero-order valence-corrected chi connectivity index (χ0v) is 10.7. The largest absolute Gasteiger partial charge is 0.407 e. The van der Waals surface area contributed by atoms with E-state index in [1.54, 1.807) is 0 Å². The first kappa shape index (κ1) is 14.1. The molecule has 0 fully saturated rings. The van der Waals surface area contributed by atoms with Crippen LogP contribution in [0.25, 0.3) is 11.0 Å². The van der Waals surface area contributed by atoms with E-state index >= 15 is 0 Å². The Morgan fingerprint density at radius 3 is 2.42 bits per heavy atom. The van der Waals surface area contributed by atoms with E-state index < -0.39 is 23.1 Å². The molecule has 0 aliphatic rings. The van der Waals surface area contributed by atoms with Crippen molar-refractivity contribution in [2.24, 2.45) is 7.05 Å². The minimum atomic E-state index is -4.51. The van der Waals surface area contributed by atoms with E-state index in [0.29, 0.717) is 17.8 Å². The Morgan fingerprint density at radius 1 is 1.26 bits per heavy atom. The summed E-state index contributed by atoms with van der Waals surface area (Å²) >= 11 is 0.545. The summed E-state index contributed by atoms with van der Waals surface area (Å²) in [5.74, 6) is -2.18. The molecule has 0 aliphatic carbocycles. The van der Waals surface area contributed by atoms with Crippen molar-refractivity contribution < 1.29 is 22.0 Å². The van der Waals surface area contributed by atoms with E-state index in [9.17, 15) is 22.0 Å². The monoisotopic (exact) mass is 296 g/mol. The lowest BCUT2D eigenvalue weighted by Gasteiger charge is -2.17. The SMILES string of the molecule is CSC(c1nc2c(F)cc(F)cc2n1C)C(F)(F)F. The van der Waals surface area contributed by atoms with Crippen molar-refractivity contribution in [2.75, 3.05) is 6.26 Å². The molecule has 0 saturated heterocycles. The minimum absolute atomic E-state index is 0.00389. The predicted molar refractivity (Wildman–Crippen MR) is 62.9 cm³/mol. The number of rotatable bonds is 2. The molecule has 0 spiro atoms. The second kappa shape index (κ2) is 4.66. The van der Waals surface area contributed by atoms with Crippen molar-refractivity contribution in [1.82, 2.24) is 9.55 Å². The molecule has 0 aliphatic heterocycles. The topological polar surface area (TPSA) is 17.8 Å². The van der Waals surface area contributed by atoms with Gasteiger partial charge >= 0.3 is 6.18 Å². The Balaban J connectivity index is 2.69. The Kier molecular flexibility index (Phi) is 3.46. The van der Waals surface area contributed by atoms with Gasteiger partial charge in [-0.05, 0) is 12.3 Å². The fourth-order valence-electron chi connectivity index (χ4n) is 1.85. The second-order valence-electron chi connectivity index (χ2n) is 3.94. The molecule has 2 nitrogen and oxygen atoms in total. The number of halogens is 5. The molecule has 1 unspecified atom stereocenters. The van der Waals surface area contributed by atoms with Crippen LogP contribution in [0.1, 0.15) is 11.1 Å². The quantitative estimate of drug-likeness (QED) is 0.784. The van der Waals surface area contributed by atoms with Crippen molar-refractivity contribution in [2.45, 2.75) is 11.4 Å². The predicted octanol–water partition coefficient (Wildman–Crippen LogP) is 3.82. The summed E-state index contributed by atoms with van der Waals surface area (Å²) in [6, 6.07) is 1.56. The number of aryl methyl sites for hydroxylation is 1. The molecule has 1 aromatic heterocycles. The van der Waals surface area contributed by atoms with Crippen LogP contribution < -0.4 is 0 Å². The molecule has 1 heterocycles. The highest BCUT2D eigenvalue weighted by Crippen LogP contribution is 2.42. The van der Waals surface area contributed by atoms with E-state index in [1.165, 1.54) is 13.3 Å². The van der Waals surface area contributed by atoms with Crippen LogP contribution in [0, 0.1) is 11.6 Å². The van der Waals surface area contributed by atoms with Gasteiger partial charge in [-0.1, -0.05) is 0 Å². The van der Waals surface area contributed by atoms with E-state index in [2.05, 4.69) is 4.98 Å². The molecule has 0 N–H and O–H groups in total. The number of hydrogen-bond donors (Lipinski definition) is 0. The average molecular weight is 296 g/mol. The van der Waals surface area contributed by atoms with Crippen molar-refractivity contribution in [3.63, 3.8) is 0 Å². The third-order valence-corrected chi connectivity index (χ3v) is 3.66. The maximum Gasteiger partial charge on any atom is 0.407 e. The van der Waals surface area contributed by atoms with E-state index in [4.69, 9.17) is 0 Å². The molecule has 2 aromatic rings. The van der Waals surface area contributed by atoms with Gasteiger partial charge in [0, 0.05) is 13.1 Å². The summed E-state index contributed by atoms with van der Waals surface area (Å²) in [6.07, 6.45) is -3.22. The number of imidazole rings is 1. The van der Waals surface area contributed by atoms with Crippen LogP contribution in [0.5, 0.6) is 0 Å². The maximum atomic E-state index is 13.5.